The Hall–Kier alpha value is -4.55. The molecule has 3 aromatic rings. The molecule has 0 spiro atoms. The van der Waals surface area contributed by atoms with Gasteiger partial charge in [-0.2, -0.15) is 4.98 Å². The van der Waals surface area contributed by atoms with E-state index in [4.69, 9.17) is 53.3 Å². The van der Waals surface area contributed by atoms with Gasteiger partial charge in [-0.3, -0.25) is 14.2 Å². The molecule has 3 heterocycles. The third kappa shape index (κ3) is 7.08. The standard InChI is InChI=1S/C31H30Cl2N4O10/c1-6-20(7-2)45-28(42)31(27(40)41,14-19-12-10-9-11-13-19)43-15-21-30(8-3,47-18(5)39)23(44-17(4)38)26(46-21)37-16-34-22-24(32)35-29(33)36-25(22)37/h3,6,9-13,16,21,23,26H,7,14-15H2,1-2,4-5H3,(H,40,41)/t21-,23+,26-,30-,31?/m1/s1. The van der Waals surface area contributed by atoms with Crippen LogP contribution in [0.5, 0.6) is 0 Å². The molecule has 1 aromatic carbocycles. The Kier molecular flexibility index (Phi) is 10.9. The molecule has 0 amide bonds. The number of aromatic nitrogens is 4. The van der Waals surface area contributed by atoms with Gasteiger partial charge in [0.15, 0.2) is 17.0 Å². The highest BCUT2D eigenvalue weighted by Gasteiger charge is 2.63. The van der Waals surface area contributed by atoms with Crippen LogP contribution in [0.4, 0.5) is 0 Å². The summed E-state index contributed by atoms with van der Waals surface area (Å²) in [6.07, 6.45) is 3.99. The molecule has 0 radical (unpaired) electrons. The number of carboxylic acids is 1. The Morgan fingerprint density at radius 2 is 1.87 bits per heavy atom. The van der Waals surface area contributed by atoms with Crippen LogP contribution >= 0.6 is 23.2 Å². The summed E-state index contributed by atoms with van der Waals surface area (Å²) in [7, 11) is 0. The molecule has 1 aliphatic rings. The lowest BCUT2D eigenvalue weighted by Gasteiger charge is -2.34. The number of benzene rings is 1. The summed E-state index contributed by atoms with van der Waals surface area (Å²) in [5, 5.41) is 10.2. The van der Waals surface area contributed by atoms with Crippen LogP contribution in [-0.4, -0.2) is 78.5 Å². The number of allylic oxidation sites excluding steroid dienone is 2. The first-order valence-corrected chi connectivity index (χ1v) is 14.9. The van der Waals surface area contributed by atoms with E-state index in [1.165, 1.54) is 17.0 Å². The molecular weight excluding hydrogens is 659 g/mol. The number of carboxylic acid groups (broad SMARTS) is 1. The molecule has 2 aromatic heterocycles. The van der Waals surface area contributed by atoms with Gasteiger partial charge in [0.2, 0.25) is 17.0 Å². The number of nitrogens with zero attached hydrogens (tertiary/aromatic N) is 4. The van der Waals surface area contributed by atoms with Gasteiger partial charge in [0.1, 0.15) is 17.4 Å². The van der Waals surface area contributed by atoms with E-state index in [2.05, 4.69) is 20.9 Å². The van der Waals surface area contributed by atoms with Crippen molar-refractivity contribution in [1.29, 1.82) is 0 Å². The minimum Gasteiger partial charge on any atom is -0.479 e. The number of esters is 3. The number of hydrogen-bond donors (Lipinski definition) is 1. The first-order valence-electron chi connectivity index (χ1n) is 14.2. The van der Waals surface area contributed by atoms with Gasteiger partial charge in [-0.1, -0.05) is 54.8 Å². The van der Waals surface area contributed by atoms with E-state index >= 15 is 0 Å². The lowest BCUT2D eigenvalue weighted by molar-refractivity contribution is -0.196. The van der Waals surface area contributed by atoms with Crippen LogP contribution in [0.1, 0.15) is 45.9 Å². The highest BCUT2D eigenvalue weighted by atomic mass is 35.5. The van der Waals surface area contributed by atoms with Crippen LogP contribution in [-0.2, 0) is 49.3 Å². The lowest BCUT2D eigenvalue weighted by Crippen LogP contribution is -2.57. The molecule has 5 atom stereocenters. The molecule has 0 aliphatic carbocycles. The monoisotopic (exact) mass is 688 g/mol. The van der Waals surface area contributed by atoms with E-state index in [9.17, 15) is 24.3 Å². The highest BCUT2D eigenvalue weighted by molar-refractivity contribution is 6.35. The van der Waals surface area contributed by atoms with Gasteiger partial charge in [0.05, 0.1) is 12.9 Å². The molecule has 16 heteroatoms. The van der Waals surface area contributed by atoms with Crippen molar-refractivity contribution >= 4 is 58.2 Å². The van der Waals surface area contributed by atoms with Crippen molar-refractivity contribution in [3.05, 3.63) is 64.5 Å². The molecule has 248 valence electrons. The fraction of sp³-hybridized carbons (Fsp3) is 0.387. The van der Waals surface area contributed by atoms with Gasteiger partial charge < -0.3 is 28.8 Å². The van der Waals surface area contributed by atoms with E-state index in [0.29, 0.717) is 5.56 Å². The smallest absolute Gasteiger partial charge is 0.355 e. The molecule has 1 N–H and O–H groups in total. The molecule has 0 bridgehead atoms. The lowest BCUT2D eigenvalue weighted by atomic mass is 9.91. The van der Waals surface area contributed by atoms with Gasteiger partial charge in [-0.15, -0.1) is 6.42 Å². The molecule has 47 heavy (non-hydrogen) atoms. The van der Waals surface area contributed by atoms with Gasteiger partial charge >= 0.3 is 23.9 Å². The van der Waals surface area contributed by atoms with Crippen molar-refractivity contribution in [2.45, 2.75) is 70.2 Å². The van der Waals surface area contributed by atoms with E-state index in [-0.39, 0.29) is 33.8 Å². The SMILES string of the molecule is C#C[C@@]1(OC(C)=O)[C@@H](COC(Cc2ccccc2)(C(=O)O)C(=O)OC(=CC)CC)O[C@@H](n2cnc3c(Cl)nc(Cl)nc32)[C@@H]1OC(C)=O. The number of hydrogen-bond acceptors (Lipinski definition) is 12. The summed E-state index contributed by atoms with van der Waals surface area (Å²) in [6, 6.07) is 8.25. The number of fused-ring (bicyclic) bond motifs is 1. The minimum atomic E-state index is -2.64. The summed E-state index contributed by atoms with van der Waals surface area (Å²) in [6.45, 7) is 4.72. The van der Waals surface area contributed by atoms with Gasteiger partial charge in [-0.05, 0) is 30.2 Å². The van der Waals surface area contributed by atoms with Crippen LogP contribution in [0.2, 0.25) is 10.4 Å². The van der Waals surface area contributed by atoms with Gasteiger partial charge in [-0.25, -0.2) is 19.6 Å². The third-order valence-electron chi connectivity index (χ3n) is 7.27. The maximum atomic E-state index is 13.7. The molecule has 1 saturated heterocycles. The van der Waals surface area contributed by atoms with Crippen LogP contribution in [0, 0.1) is 12.3 Å². The molecule has 14 nitrogen and oxygen atoms in total. The second-order valence-corrected chi connectivity index (χ2v) is 11.0. The van der Waals surface area contributed by atoms with Gasteiger partial charge in [0.25, 0.3) is 5.60 Å². The minimum absolute atomic E-state index is 0.0402. The third-order valence-corrected chi connectivity index (χ3v) is 7.70. The molecular formula is C31H30Cl2N4O10. The zero-order chi connectivity index (χ0) is 34.5. The summed E-state index contributed by atoms with van der Waals surface area (Å²) in [5.74, 6) is -2.08. The highest BCUT2D eigenvalue weighted by Crippen LogP contribution is 2.44. The molecule has 4 rings (SSSR count). The number of imidazole rings is 1. The maximum absolute atomic E-state index is 13.7. The number of terminal acetylenes is 1. The first kappa shape index (κ1) is 35.3. The van der Waals surface area contributed by atoms with Crippen LogP contribution in [0.15, 0.2) is 48.5 Å². The number of carbonyl (C=O) groups excluding carboxylic acids is 3. The second-order valence-electron chi connectivity index (χ2n) is 10.3. The second kappa shape index (κ2) is 14.5. The quantitative estimate of drug-likeness (QED) is 0.0552. The predicted molar refractivity (Wildman–Crippen MR) is 165 cm³/mol. The Morgan fingerprint density at radius 1 is 1.17 bits per heavy atom. The van der Waals surface area contributed by atoms with Crippen LogP contribution < -0.4 is 0 Å². The van der Waals surface area contributed by atoms with Crippen molar-refractivity contribution < 1.29 is 48.0 Å². The van der Waals surface area contributed by atoms with E-state index < -0.39 is 66.5 Å². The number of halogens is 2. The topological polar surface area (TPSA) is 178 Å². The van der Waals surface area contributed by atoms with Crippen molar-refractivity contribution in [1.82, 2.24) is 19.5 Å². The van der Waals surface area contributed by atoms with E-state index in [0.717, 1.165) is 13.8 Å². The van der Waals surface area contributed by atoms with Crippen molar-refractivity contribution in [2.24, 2.45) is 0 Å². The average Bonchev–Trinajstić information content (AvgIpc) is 3.56. The summed E-state index contributed by atoms with van der Waals surface area (Å²) in [4.78, 5) is 63.7. The van der Waals surface area contributed by atoms with Crippen molar-refractivity contribution in [3.63, 3.8) is 0 Å². The largest absolute Gasteiger partial charge is 0.479 e. The Labute approximate surface area is 278 Å². The maximum Gasteiger partial charge on any atom is 0.355 e. The van der Waals surface area contributed by atoms with E-state index in [1.54, 1.807) is 44.2 Å². The zero-order valence-electron chi connectivity index (χ0n) is 25.6. The summed E-state index contributed by atoms with van der Waals surface area (Å²) < 4.78 is 30.2. The summed E-state index contributed by atoms with van der Waals surface area (Å²) in [5.41, 5.74) is -4.30. The Balaban J connectivity index is 1.84. The molecule has 0 saturated carbocycles. The van der Waals surface area contributed by atoms with Gasteiger partial charge in [0, 0.05) is 26.7 Å². The fourth-order valence-corrected chi connectivity index (χ4v) is 5.51. The zero-order valence-corrected chi connectivity index (χ0v) is 27.2. The Bertz CT molecular complexity index is 1760. The fourth-order valence-electron chi connectivity index (χ4n) is 5.09. The normalized spacial score (nSPS) is 22.2. The number of carbonyl (C=O) groups is 4. The summed E-state index contributed by atoms with van der Waals surface area (Å²) >= 11 is 12.2. The van der Waals surface area contributed by atoms with Crippen molar-refractivity contribution in [3.8, 4) is 12.3 Å². The predicted octanol–water partition coefficient (Wildman–Crippen LogP) is 3.84. The van der Waals surface area contributed by atoms with E-state index in [1.807, 2.05) is 0 Å². The van der Waals surface area contributed by atoms with Crippen LogP contribution in [0.25, 0.3) is 11.2 Å². The van der Waals surface area contributed by atoms with Crippen LogP contribution in [0.3, 0.4) is 0 Å². The molecule has 1 aliphatic heterocycles. The number of aliphatic carboxylic acids is 1. The molecule has 1 fully saturated rings. The number of ether oxygens (including phenoxy) is 5. The molecule has 1 unspecified atom stereocenters. The number of rotatable bonds is 12. The first-order chi connectivity index (χ1) is 22.3. The Morgan fingerprint density at radius 3 is 2.45 bits per heavy atom. The average molecular weight is 690 g/mol. The van der Waals surface area contributed by atoms with Crippen molar-refractivity contribution in [2.75, 3.05) is 6.61 Å².